The fourth-order valence-electron chi connectivity index (χ4n) is 4.53. The Balaban J connectivity index is 1.32. The van der Waals surface area contributed by atoms with Gasteiger partial charge in [-0.15, -0.1) is 0 Å². The minimum Gasteiger partial charge on any atom is -0.348 e. The largest absolute Gasteiger partial charge is 0.348 e. The molecule has 0 aliphatic carbocycles. The number of benzene rings is 2. The number of anilines is 1. The number of hydrogen-bond donors (Lipinski definition) is 4. The lowest BCUT2D eigenvalue weighted by Crippen LogP contribution is -2.35. The molecule has 170 valence electrons. The number of amides is 3. The molecule has 2 aliphatic rings. The number of aromatic nitrogens is 2. The van der Waals surface area contributed by atoms with Gasteiger partial charge in [0.2, 0.25) is 0 Å². The van der Waals surface area contributed by atoms with Crippen molar-refractivity contribution in [3.63, 3.8) is 0 Å². The minimum absolute atomic E-state index is 0.206. The summed E-state index contributed by atoms with van der Waals surface area (Å²) in [4.78, 5) is 34.2. The van der Waals surface area contributed by atoms with Gasteiger partial charge in [-0.25, -0.2) is 14.2 Å². The third-order valence-corrected chi connectivity index (χ3v) is 6.15. The number of hydrogen-bond acceptors (Lipinski definition) is 4. The van der Waals surface area contributed by atoms with Gasteiger partial charge in [-0.3, -0.25) is 4.79 Å². The molecule has 9 heteroatoms. The number of carbonyl (C=O) groups is 2. The SMILES string of the molecule is O=C(NCCN1CCCC1)Nc1ccc(-c2ccc(-c3ncc[nH]3)c3c2CNC3=O)c(F)c1. The fraction of sp³-hybridized carbons (Fsp3) is 0.292. The molecule has 3 aromatic rings. The molecule has 0 unspecified atom stereocenters. The summed E-state index contributed by atoms with van der Waals surface area (Å²) in [6, 6.07) is 7.80. The van der Waals surface area contributed by atoms with Crippen molar-refractivity contribution in [1.29, 1.82) is 0 Å². The van der Waals surface area contributed by atoms with E-state index in [0.717, 1.165) is 25.2 Å². The maximum absolute atomic E-state index is 15.1. The summed E-state index contributed by atoms with van der Waals surface area (Å²) in [5.74, 6) is -0.0923. The van der Waals surface area contributed by atoms with Crippen LogP contribution in [0.5, 0.6) is 0 Å². The predicted octanol–water partition coefficient (Wildman–Crippen LogP) is 3.34. The van der Waals surface area contributed by atoms with Crippen LogP contribution in [0.1, 0.15) is 28.8 Å². The summed E-state index contributed by atoms with van der Waals surface area (Å²) in [6.45, 7) is 3.82. The third-order valence-electron chi connectivity index (χ3n) is 6.15. The van der Waals surface area contributed by atoms with Gasteiger partial charge in [0.25, 0.3) is 5.91 Å². The van der Waals surface area contributed by atoms with Crippen molar-refractivity contribution in [2.45, 2.75) is 19.4 Å². The zero-order valence-corrected chi connectivity index (χ0v) is 18.1. The highest BCUT2D eigenvalue weighted by atomic mass is 19.1. The first-order valence-electron chi connectivity index (χ1n) is 11.1. The van der Waals surface area contributed by atoms with E-state index in [0.29, 0.717) is 46.9 Å². The number of rotatable bonds is 6. The number of imidazole rings is 1. The first-order valence-corrected chi connectivity index (χ1v) is 11.1. The third kappa shape index (κ3) is 4.31. The Morgan fingerprint density at radius 2 is 1.91 bits per heavy atom. The van der Waals surface area contributed by atoms with Crippen LogP contribution < -0.4 is 16.0 Å². The minimum atomic E-state index is -0.475. The van der Waals surface area contributed by atoms with Gasteiger partial charge in [-0.2, -0.15) is 0 Å². The summed E-state index contributed by atoms with van der Waals surface area (Å²) in [6.07, 6.45) is 5.72. The lowest BCUT2D eigenvalue weighted by molar-refractivity contribution is 0.0966. The molecule has 1 aromatic heterocycles. The van der Waals surface area contributed by atoms with Crippen LogP contribution in [0.25, 0.3) is 22.5 Å². The Kier molecular flexibility index (Phi) is 5.78. The highest BCUT2D eigenvalue weighted by Gasteiger charge is 2.28. The number of carbonyl (C=O) groups excluding carboxylic acids is 2. The van der Waals surface area contributed by atoms with Gasteiger partial charge in [-0.05, 0) is 61.3 Å². The van der Waals surface area contributed by atoms with Crippen molar-refractivity contribution in [2.24, 2.45) is 0 Å². The van der Waals surface area contributed by atoms with Crippen LogP contribution in [0.4, 0.5) is 14.9 Å². The number of nitrogens with zero attached hydrogens (tertiary/aromatic N) is 2. The molecule has 5 rings (SSSR count). The second-order valence-corrected chi connectivity index (χ2v) is 8.26. The summed E-state index contributed by atoms with van der Waals surface area (Å²) >= 11 is 0. The molecule has 4 N–H and O–H groups in total. The van der Waals surface area contributed by atoms with Crippen LogP contribution >= 0.6 is 0 Å². The molecule has 0 radical (unpaired) electrons. The van der Waals surface area contributed by atoms with Crippen LogP contribution in [-0.2, 0) is 6.54 Å². The van der Waals surface area contributed by atoms with E-state index in [2.05, 4.69) is 30.8 Å². The molecule has 0 atom stereocenters. The second kappa shape index (κ2) is 9.03. The molecule has 1 fully saturated rings. The molecule has 3 amide bonds. The second-order valence-electron chi connectivity index (χ2n) is 8.26. The van der Waals surface area contributed by atoms with E-state index in [1.165, 1.54) is 18.9 Å². The molecule has 2 aromatic carbocycles. The zero-order chi connectivity index (χ0) is 22.8. The molecule has 0 spiro atoms. The van der Waals surface area contributed by atoms with Crippen molar-refractivity contribution in [1.82, 2.24) is 25.5 Å². The molecule has 2 aliphatic heterocycles. The number of fused-ring (bicyclic) bond motifs is 1. The maximum Gasteiger partial charge on any atom is 0.319 e. The molecule has 33 heavy (non-hydrogen) atoms. The van der Waals surface area contributed by atoms with Crippen molar-refractivity contribution in [3.05, 3.63) is 59.7 Å². The van der Waals surface area contributed by atoms with Crippen LogP contribution in [0, 0.1) is 5.82 Å². The van der Waals surface area contributed by atoms with E-state index in [-0.39, 0.29) is 11.9 Å². The number of nitrogens with one attached hydrogen (secondary N) is 4. The zero-order valence-electron chi connectivity index (χ0n) is 18.1. The lowest BCUT2D eigenvalue weighted by atomic mass is 9.92. The Morgan fingerprint density at radius 1 is 1.12 bits per heavy atom. The predicted molar refractivity (Wildman–Crippen MR) is 123 cm³/mol. The molecule has 0 saturated carbocycles. The standard InChI is InChI=1S/C24H25FN6O2/c25-20-13-15(30-24(33)28-9-12-31-10-1-2-11-31)3-4-17(20)16-5-6-18(22-26-7-8-27-22)21-19(16)14-29-23(21)32/h3-8,13H,1-2,9-12,14H2,(H,26,27)(H,29,32)(H2,28,30,33). The fourth-order valence-corrected chi connectivity index (χ4v) is 4.53. The average molecular weight is 449 g/mol. The van der Waals surface area contributed by atoms with Crippen molar-refractivity contribution < 1.29 is 14.0 Å². The monoisotopic (exact) mass is 448 g/mol. The van der Waals surface area contributed by atoms with Crippen LogP contribution in [0.2, 0.25) is 0 Å². The van der Waals surface area contributed by atoms with E-state index >= 15 is 4.39 Å². The maximum atomic E-state index is 15.1. The van der Waals surface area contributed by atoms with Crippen LogP contribution in [0.15, 0.2) is 42.7 Å². The normalized spacial score (nSPS) is 15.4. The number of urea groups is 1. The van der Waals surface area contributed by atoms with E-state index in [1.54, 1.807) is 36.7 Å². The van der Waals surface area contributed by atoms with Gasteiger partial charge in [0.05, 0.1) is 5.56 Å². The first-order chi connectivity index (χ1) is 16.1. The Hall–Kier alpha value is -3.72. The highest BCUT2D eigenvalue weighted by Crippen LogP contribution is 2.36. The summed E-state index contributed by atoms with van der Waals surface area (Å²) in [5, 5.41) is 8.32. The Morgan fingerprint density at radius 3 is 2.67 bits per heavy atom. The molecule has 3 heterocycles. The molecule has 8 nitrogen and oxygen atoms in total. The molecular formula is C24H25FN6O2. The van der Waals surface area contributed by atoms with E-state index in [4.69, 9.17) is 0 Å². The topological polar surface area (TPSA) is 102 Å². The molecular weight excluding hydrogens is 423 g/mol. The van der Waals surface area contributed by atoms with E-state index < -0.39 is 5.82 Å². The van der Waals surface area contributed by atoms with Gasteiger partial charge in [-0.1, -0.05) is 6.07 Å². The van der Waals surface area contributed by atoms with Gasteiger partial charge in [0.1, 0.15) is 11.6 Å². The van der Waals surface area contributed by atoms with Crippen molar-refractivity contribution in [3.8, 4) is 22.5 Å². The van der Waals surface area contributed by atoms with E-state index in [9.17, 15) is 9.59 Å². The van der Waals surface area contributed by atoms with Gasteiger partial charge < -0.3 is 25.8 Å². The number of likely N-dealkylation sites (tertiary alicyclic amines) is 1. The lowest BCUT2D eigenvalue weighted by Gasteiger charge is -2.15. The summed E-state index contributed by atoms with van der Waals surface area (Å²) in [5.41, 5.74) is 3.28. The number of halogens is 1. The van der Waals surface area contributed by atoms with Crippen LogP contribution in [-0.4, -0.2) is 53.0 Å². The number of H-pyrrole nitrogens is 1. The smallest absolute Gasteiger partial charge is 0.319 e. The number of aromatic amines is 1. The molecule has 0 bridgehead atoms. The van der Waals surface area contributed by atoms with E-state index in [1.807, 2.05) is 0 Å². The average Bonchev–Trinajstić information content (AvgIpc) is 3.57. The van der Waals surface area contributed by atoms with Gasteiger partial charge in [0.15, 0.2) is 0 Å². The summed E-state index contributed by atoms with van der Waals surface area (Å²) < 4.78 is 15.1. The van der Waals surface area contributed by atoms with Crippen LogP contribution in [0.3, 0.4) is 0 Å². The van der Waals surface area contributed by atoms with Crippen molar-refractivity contribution >= 4 is 17.6 Å². The molecule has 1 saturated heterocycles. The summed E-state index contributed by atoms with van der Waals surface area (Å²) in [7, 11) is 0. The van der Waals surface area contributed by atoms with Gasteiger partial charge >= 0.3 is 6.03 Å². The Bertz CT molecular complexity index is 1190. The van der Waals surface area contributed by atoms with Crippen molar-refractivity contribution in [2.75, 3.05) is 31.5 Å². The van der Waals surface area contributed by atoms with Gasteiger partial charge in [0, 0.05) is 48.8 Å². The quantitative estimate of drug-likeness (QED) is 0.465. The Labute approximate surface area is 190 Å². The highest BCUT2D eigenvalue weighted by molar-refractivity contribution is 6.06. The first kappa shape index (κ1) is 21.1.